The van der Waals surface area contributed by atoms with Crippen molar-refractivity contribution in [1.29, 1.82) is 5.26 Å². The minimum Gasteiger partial charge on any atom is -0.458 e. The Morgan fingerprint density at radius 3 is 2.55 bits per heavy atom. The van der Waals surface area contributed by atoms with Crippen molar-refractivity contribution in [3.05, 3.63) is 84.4 Å². The van der Waals surface area contributed by atoms with Gasteiger partial charge in [-0.1, -0.05) is 42.5 Å². The largest absolute Gasteiger partial charge is 0.458 e. The van der Waals surface area contributed by atoms with Gasteiger partial charge in [0, 0.05) is 22.0 Å². The zero-order valence-corrected chi connectivity index (χ0v) is 15.4. The van der Waals surface area contributed by atoms with Crippen LogP contribution < -0.4 is 21.1 Å². The predicted octanol–water partition coefficient (Wildman–Crippen LogP) is 3.59. The number of rotatable bonds is 0. The summed E-state index contributed by atoms with van der Waals surface area (Å²) in [5.74, 6) is 1.78. The lowest BCUT2D eigenvalue weighted by molar-refractivity contribution is 0.487. The number of para-hydroxylation sites is 2. The highest BCUT2D eigenvalue weighted by Gasteiger charge is 2.40. The average molecular weight is 368 g/mol. The highest BCUT2D eigenvalue weighted by molar-refractivity contribution is 6.99. The number of hydrogen-bond donors (Lipinski definition) is 0. The number of fused-ring (bicyclic) bond motifs is 7. The van der Waals surface area contributed by atoms with E-state index in [0.717, 1.165) is 33.6 Å². The number of nitriles is 1. The van der Waals surface area contributed by atoms with Gasteiger partial charge in [0.1, 0.15) is 11.5 Å². The molecule has 0 unspecified atom stereocenters. The third kappa shape index (κ3) is 1.73. The topological polar surface area (TPSA) is 38.0 Å². The van der Waals surface area contributed by atoms with E-state index in [1.165, 1.54) is 21.8 Å². The molecule has 3 nitrogen and oxygen atoms in total. The molecular weight excluding hydrogens is 355 g/mol. The molecule has 0 radical (unpaired) electrons. The summed E-state index contributed by atoms with van der Waals surface area (Å²) in [5, 5.41) is 12.1. The van der Waals surface area contributed by atoms with Gasteiger partial charge in [-0.15, -0.1) is 0 Å². The molecule has 0 fully saturated rings. The van der Waals surface area contributed by atoms with Crippen LogP contribution in [0.4, 0.5) is 0 Å². The van der Waals surface area contributed by atoms with Gasteiger partial charge in [-0.25, -0.2) is 0 Å². The van der Waals surface area contributed by atoms with Crippen molar-refractivity contribution in [2.24, 2.45) is 0 Å². The van der Waals surface area contributed by atoms with E-state index in [1.54, 1.807) is 0 Å². The van der Waals surface area contributed by atoms with Crippen LogP contribution in [-0.2, 0) is 0 Å². The van der Waals surface area contributed by atoms with Crippen molar-refractivity contribution in [2.45, 2.75) is 0 Å². The highest BCUT2D eigenvalue weighted by Crippen LogP contribution is 2.37. The van der Waals surface area contributed by atoms with Gasteiger partial charge in [0.05, 0.1) is 17.1 Å². The van der Waals surface area contributed by atoms with Crippen molar-refractivity contribution in [1.82, 2.24) is 4.57 Å². The first-order valence-electron chi connectivity index (χ1n) is 9.72. The van der Waals surface area contributed by atoms with Crippen LogP contribution in [0.3, 0.4) is 0 Å². The van der Waals surface area contributed by atoms with Crippen LogP contribution in [0.25, 0.3) is 27.5 Å². The standard InChI is InChI=1S/C25H13BN2O/c27-14-15-12-17-16-6-1-3-8-20(16)28-21-9-5-11-23-24(21)26(19(13-15)25(17)28)18-7-2-4-10-22(18)29-23/h1-13H. The molecule has 2 aliphatic heterocycles. The van der Waals surface area contributed by atoms with Crippen LogP contribution in [0.1, 0.15) is 5.56 Å². The maximum atomic E-state index is 9.75. The molecule has 2 aliphatic rings. The molecule has 29 heavy (non-hydrogen) atoms. The molecule has 3 heterocycles. The molecule has 0 atom stereocenters. The first-order valence-corrected chi connectivity index (χ1v) is 9.72. The molecule has 0 bridgehead atoms. The fourth-order valence-corrected chi connectivity index (χ4v) is 5.18. The monoisotopic (exact) mass is 368 g/mol. The van der Waals surface area contributed by atoms with Gasteiger partial charge in [0.2, 0.25) is 0 Å². The van der Waals surface area contributed by atoms with Crippen LogP contribution in [0.2, 0.25) is 0 Å². The van der Waals surface area contributed by atoms with Gasteiger partial charge in [-0.2, -0.15) is 5.26 Å². The first-order chi connectivity index (χ1) is 14.3. The molecule has 0 N–H and O–H groups in total. The minimum absolute atomic E-state index is 0.0544. The lowest BCUT2D eigenvalue weighted by atomic mass is 9.34. The van der Waals surface area contributed by atoms with Gasteiger partial charge in [-0.05, 0) is 52.8 Å². The Morgan fingerprint density at radius 1 is 0.793 bits per heavy atom. The maximum Gasteiger partial charge on any atom is 0.256 e. The fraction of sp³-hybridized carbons (Fsp3) is 0. The SMILES string of the molecule is N#Cc1cc2c3c(c1)c1ccccc1n3-c1cccc3c1B2c1ccccc1O3. The second-order valence-corrected chi connectivity index (χ2v) is 7.69. The summed E-state index contributed by atoms with van der Waals surface area (Å²) < 4.78 is 8.64. The molecular formula is C25H13BN2O. The normalized spacial score (nSPS) is 13.0. The lowest BCUT2D eigenvalue weighted by Gasteiger charge is -2.33. The Bertz CT molecular complexity index is 1560. The molecule has 0 saturated heterocycles. The zero-order chi connectivity index (χ0) is 19.1. The maximum absolute atomic E-state index is 9.75. The van der Waals surface area contributed by atoms with Gasteiger partial charge < -0.3 is 9.30 Å². The number of hydrogen-bond acceptors (Lipinski definition) is 2. The Labute approximate surface area is 167 Å². The quantitative estimate of drug-likeness (QED) is 0.384. The van der Waals surface area contributed by atoms with Crippen LogP contribution in [0.5, 0.6) is 11.5 Å². The van der Waals surface area contributed by atoms with Crippen LogP contribution in [0.15, 0.2) is 78.9 Å². The Morgan fingerprint density at radius 2 is 1.62 bits per heavy atom. The lowest BCUT2D eigenvalue weighted by Crippen LogP contribution is -2.58. The molecule has 7 rings (SSSR count). The highest BCUT2D eigenvalue weighted by atomic mass is 16.5. The molecule has 0 amide bonds. The molecule has 1 aromatic heterocycles. The number of nitrogens with zero attached hydrogens (tertiary/aromatic N) is 2. The number of aromatic nitrogens is 1. The van der Waals surface area contributed by atoms with E-state index < -0.39 is 0 Å². The minimum atomic E-state index is 0.0544. The van der Waals surface area contributed by atoms with Crippen molar-refractivity contribution in [3.63, 3.8) is 0 Å². The number of benzene rings is 4. The molecule has 5 aromatic rings. The van der Waals surface area contributed by atoms with Gasteiger partial charge in [-0.3, -0.25) is 0 Å². The van der Waals surface area contributed by atoms with E-state index in [9.17, 15) is 5.26 Å². The Balaban J connectivity index is 1.77. The van der Waals surface area contributed by atoms with Crippen molar-refractivity contribution in [3.8, 4) is 23.3 Å². The van der Waals surface area contributed by atoms with Gasteiger partial charge in [0.15, 0.2) is 0 Å². The van der Waals surface area contributed by atoms with E-state index in [0.29, 0.717) is 5.56 Å². The molecule has 0 aliphatic carbocycles. The summed E-state index contributed by atoms with van der Waals surface area (Å²) >= 11 is 0. The van der Waals surface area contributed by atoms with Crippen LogP contribution in [-0.4, -0.2) is 11.3 Å². The molecule has 4 heteroatoms. The summed E-state index contributed by atoms with van der Waals surface area (Å²) in [4.78, 5) is 0. The van der Waals surface area contributed by atoms with Gasteiger partial charge >= 0.3 is 0 Å². The first kappa shape index (κ1) is 15.0. The fourth-order valence-electron chi connectivity index (χ4n) is 5.18. The van der Waals surface area contributed by atoms with E-state index in [-0.39, 0.29) is 6.71 Å². The third-order valence-corrected chi connectivity index (χ3v) is 6.26. The second-order valence-electron chi connectivity index (χ2n) is 7.69. The summed E-state index contributed by atoms with van der Waals surface area (Å²) in [6.07, 6.45) is 0. The van der Waals surface area contributed by atoms with Gasteiger partial charge in [0.25, 0.3) is 6.71 Å². The summed E-state index contributed by atoms with van der Waals surface area (Å²) in [7, 11) is 0. The zero-order valence-electron chi connectivity index (χ0n) is 15.4. The second kappa shape index (κ2) is 5.09. The van der Waals surface area contributed by atoms with Crippen molar-refractivity contribution in [2.75, 3.05) is 0 Å². The Hall–Kier alpha value is -3.97. The average Bonchev–Trinajstić information content (AvgIpc) is 3.11. The molecule has 4 aromatic carbocycles. The van der Waals surface area contributed by atoms with Crippen molar-refractivity contribution < 1.29 is 4.74 Å². The molecule has 132 valence electrons. The van der Waals surface area contributed by atoms with E-state index in [2.05, 4.69) is 65.2 Å². The van der Waals surface area contributed by atoms with Crippen LogP contribution in [0, 0.1) is 11.3 Å². The molecule has 0 spiro atoms. The van der Waals surface area contributed by atoms with Crippen molar-refractivity contribution >= 4 is 44.9 Å². The van der Waals surface area contributed by atoms with E-state index in [1.807, 2.05) is 24.3 Å². The smallest absolute Gasteiger partial charge is 0.256 e. The van der Waals surface area contributed by atoms with Crippen LogP contribution >= 0.6 is 0 Å². The predicted molar refractivity (Wildman–Crippen MR) is 117 cm³/mol. The Kier molecular flexibility index (Phi) is 2.64. The number of ether oxygens (including phenoxy) is 1. The van der Waals surface area contributed by atoms with E-state index in [4.69, 9.17) is 4.74 Å². The summed E-state index contributed by atoms with van der Waals surface area (Å²) in [5.41, 5.74) is 7.70. The van der Waals surface area contributed by atoms with E-state index >= 15 is 0 Å². The molecule has 0 saturated carbocycles. The summed E-state index contributed by atoms with van der Waals surface area (Å²) in [6, 6.07) is 29.4. The third-order valence-electron chi connectivity index (χ3n) is 6.26. The summed E-state index contributed by atoms with van der Waals surface area (Å²) in [6.45, 7) is 0.0544.